The molecule has 41 heavy (non-hydrogen) atoms. The molecule has 235 valence electrons. The van der Waals surface area contributed by atoms with E-state index in [4.69, 9.17) is 0 Å². The van der Waals surface area contributed by atoms with E-state index in [9.17, 15) is 39.3 Å². The Bertz CT molecular complexity index is 744. The van der Waals surface area contributed by atoms with Crippen molar-refractivity contribution in [3.05, 3.63) is 0 Å². The van der Waals surface area contributed by atoms with E-state index in [1.807, 2.05) is 4.90 Å². The van der Waals surface area contributed by atoms with Gasteiger partial charge in [0.15, 0.2) is 0 Å². The summed E-state index contributed by atoms with van der Waals surface area (Å²) in [4.78, 5) is 64.1. The molecule has 1 rings (SSSR count). The van der Waals surface area contributed by atoms with Crippen molar-refractivity contribution in [2.24, 2.45) is 0 Å². The molecular formula is C27H49GdN5O8+3. The molecule has 1 radical (unpaired) electrons. The van der Waals surface area contributed by atoms with Gasteiger partial charge in [0.2, 0.25) is 5.91 Å². The smallest absolute Gasteiger partial charge is 0.480 e. The number of unbranched alkanes of at least 4 members (excludes halogenated alkanes) is 8. The van der Waals surface area contributed by atoms with Gasteiger partial charge in [-0.1, -0.05) is 38.5 Å². The number of carbonyl (C=O) groups excluding carboxylic acids is 2. The van der Waals surface area contributed by atoms with E-state index >= 15 is 0 Å². The molecule has 0 bridgehead atoms. The van der Waals surface area contributed by atoms with Crippen LogP contribution in [0.1, 0.15) is 57.8 Å². The first-order valence-electron chi connectivity index (χ1n) is 14.4. The number of carboxylic acid groups (broad SMARTS) is 3. The summed E-state index contributed by atoms with van der Waals surface area (Å²) in [5.74, 6) is -3.08. The van der Waals surface area contributed by atoms with Gasteiger partial charge in [-0.25, -0.2) is 0 Å². The molecule has 1 amide bonds. The number of hydrogen-bond donors (Lipinski definition) is 4. The summed E-state index contributed by atoms with van der Waals surface area (Å²) >= 11 is 0. The summed E-state index contributed by atoms with van der Waals surface area (Å²) in [5.41, 5.74) is 0. The van der Waals surface area contributed by atoms with Crippen molar-refractivity contribution in [2.45, 2.75) is 57.8 Å². The zero-order valence-electron chi connectivity index (χ0n) is 24.2. The minimum Gasteiger partial charge on any atom is -0.480 e. The molecule has 1 saturated heterocycles. The van der Waals surface area contributed by atoms with Crippen molar-refractivity contribution in [1.29, 1.82) is 0 Å². The van der Waals surface area contributed by atoms with Crippen molar-refractivity contribution >= 4 is 30.1 Å². The summed E-state index contributed by atoms with van der Waals surface area (Å²) in [6, 6.07) is 0. The molecule has 0 unspecified atom stereocenters. The molecule has 14 heteroatoms. The second-order valence-corrected chi connectivity index (χ2v) is 10.4. The molecule has 1 fully saturated rings. The SMILES string of the molecule is O=CCCCCCCCCCCNC(=O)CN1CCN(CC(=O)O)CCN(CC(=O)O)CCN(CC(=O)O)CC1.[Gd+3]. The summed E-state index contributed by atoms with van der Waals surface area (Å²) in [6.45, 7) is 3.10. The summed E-state index contributed by atoms with van der Waals surface area (Å²) in [7, 11) is 0. The first-order valence-corrected chi connectivity index (χ1v) is 14.4. The minimum absolute atomic E-state index is 0. The second-order valence-electron chi connectivity index (χ2n) is 10.4. The molecule has 0 aliphatic carbocycles. The summed E-state index contributed by atoms with van der Waals surface area (Å²) in [6.07, 6.45) is 10.2. The van der Waals surface area contributed by atoms with E-state index in [0.717, 1.165) is 57.7 Å². The van der Waals surface area contributed by atoms with Crippen LogP contribution in [0, 0.1) is 39.9 Å². The third-order valence-electron chi connectivity index (χ3n) is 6.94. The first-order chi connectivity index (χ1) is 19.2. The van der Waals surface area contributed by atoms with E-state index < -0.39 is 17.9 Å². The van der Waals surface area contributed by atoms with E-state index in [1.165, 1.54) is 0 Å². The molecule has 0 aromatic carbocycles. The van der Waals surface area contributed by atoms with Gasteiger partial charge in [0.1, 0.15) is 6.29 Å². The Balaban J connectivity index is 0.0000160. The Kier molecular flexibility index (Phi) is 24.4. The fourth-order valence-corrected chi connectivity index (χ4v) is 4.69. The number of amides is 1. The predicted molar refractivity (Wildman–Crippen MR) is 149 cm³/mol. The van der Waals surface area contributed by atoms with Crippen LogP contribution in [0.15, 0.2) is 0 Å². The molecule has 1 aliphatic heterocycles. The van der Waals surface area contributed by atoms with Crippen LogP contribution in [0.4, 0.5) is 0 Å². The molecule has 0 saturated carbocycles. The Morgan fingerprint density at radius 3 is 1.20 bits per heavy atom. The van der Waals surface area contributed by atoms with Crippen LogP contribution in [0.25, 0.3) is 0 Å². The average molecular weight is 729 g/mol. The molecule has 13 nitrogen and oxygen atoms in total. The maximum Gasteiger partial charge on any atom is 3.00 e. The van der Waals surface area contributed by atoms with Crippen molar-refractivity contribution in [3.8, 4) is 0 Å². The number of aliphatic carboxylic acids is 3. The second kappa shape index (κ2) is 25.2. The number of hydrogen-bond acceptors (Lipinski definition) is 9. The van der Waals surface area contributed by atoms with Gasteiger partial charge in [-0.15, -0.1) is 0 Å². The van der Waals surface area contributed by atoms with Crippen LogP contribution in [-0.2, 0) is 24.0 Å². The minimum atomic E-state index is -0.999. The van der Waals surface area contributed by atoms with Crippen LogP contribution in [0.2, 0.25) is 0 Å². The molecule has 0 aromatic heterocycles. The predicted octanol–water partition coefficient (Wildman–Crippen LogP) is 0.288. The van der Waals surface area contributed by atoms with Crippen LogP contribution in [-0.4, -0.2) is 150 Å². The molecule has 1 heterocycles. The quantitative estimate of drug-likeness (QED) is 0.106. The number of carbonyl (C=O) groups is 5. The van der Waals surface area contributed by atoms with Crippen molar-refractivity contribution < 1.29 is 79.2 Å². The summed E-state index contributed by atoms with van der Waals surface area (Å²) < 4.78 is 0. The molecule has 0 atom stereocenters. The number of aldehydes is 1. The first kappa shape index (κ1) is 39.7. The van der Waals surface area contributed by atoms with Gasteiger partial charge >= 0.3 is 57.8 Å². The number of carboxylic acids is 3. The fourth-order valence-electron chi connectivity index (χ4n) is 4.69. The van der Waals surface area contributed by atoms with Crippen LogP contribution in [0.5, 0.6) is 0 Å². The number of nitrogens with one attached hydrogen (secondary N) is 1. The molecular weight excluding hydrogens is 680 g/mol. The van der Waals surface area contributed by atoms with Crippen molar-refractivity contribution in [2.75, 3.05) is 85.1 Å². The number of rotatable bonds is 19. The van der Waals surface area contributed by atoms with Gasteiger partial charge in [-0.05, 0) is 12.8 Å². The number of nitrogens with zero attached hydrogens (tertiary/aromatic N) is 4. The topological polar surface area (TPSA) is 171 Å². The third kappa shape index (κ3) is 22.9. The molecule has 0 aromatic rings. The average Bonchev–Trinajstić information content (AvgIpc) is 2.88. The third-order valence-corrected chi connectivity index (χ3v) is 6.94. The molecule has 1 aliphatic rings. The Hall–Kier alpha value is -1.29. The van der Waals surface area contributed by atoms with Gasteiger partial charge in [0.05, 0.1) is 26.2 Å². The van der Waals surface area contributed by atoms with Crippen LogP contribution >= 0.6 is 0 Å². The van der Waals surface area contributed by atoms with Gasteiger partial charge < -0.3 is 25.4 Å². The Labute approximate surface area is 275 Å². The normalized spacial score (nSPS) is 16.6. The van der Waals surface area contributed by atoms with Gasteiger partial charge in [-0.2, -0.15) is 0 Å². The fraction of sp³-hybridized carbons (Fsp3) is 0.815. The Morgan fingerprint density at radius 2 is 0.854 bits per heavy atom. The monoisotopic (exact) mass is 729 g/mol. The van der Waals surface area contributed by atoms with Crippen molar-refractivity contribution in [3.63, 3.8) is 0 Å². The van der Waals surface area contributed by atoms with Gasteiger partial charge in [0, 0.05) is 65.3 Å². The van der Waals surface area contributed by atoms with Crippen molar-refractivity contribution in [1.82, 2.24) is 24.9 Å². The van der Waals surface area contributed by atoms with E-state index in [0.29, 0.717) is 65.3 Å². The van der Waals surface area contributed by atoms with Crippen LogP contribution < -0.4 is 5.32 Å². The molecule has 0 spiro atoms. The Morgan fingerprint density at radius 1 is 0.537 bits per heavy atom. The van der Waals surface area contributed by atoms with E-state index in [2.05, 4.69) is 5.32 Å². The maximum atomic E-state index is 12.7. The van der Waals surface area contributed by atoms with Gasteiger partial charge in [0.25, 0.3) is 0 Å². The zero-order valence-corrected chi connectivity index (χ0v) is 26.4. The summed E-state index contributed by atoms with van der Waals surface area (Å²) in [5, 5.41) is 30.9. The zero-order chi connectivity index (χ0) is 29.6. The largest absolute Gasteiger partial charge is 3.00 e. The van der Waals surface area contributed by atoms with E-state index in [-0.39, 0.29) is 72.0 Å². The standard InChI is InChI=1S/C27H49N5O8.Gd/c33-19-9-7-5-3-1-2-4-6-8-10-28-24(34)20-29-11-13-30(21-25(35)36)15-17-32(23-27(39)40)18-16-31(14-12-29)22-26(37)38;/h19H,1-18,20-23H2,(H,28,34)(H,35,36)(H,37,38)(H,39,40);/q;+3. The van der Waals surface area contributed by atoms with E-state index in [1.54, 1.807) is 14.7 Å². The molecule has 4 N–H and O–H groups in total. The maximum absolute atomic E-state index is 12.7. The van der Waals surface area contributed by atoms with Gasteiger partial charge in [-0.3, -0.25) is 38.8 Å². The van der Waals surface area contributed by atoms with Crippen LogP contribution in [0.3, 0.4) is 0 Å².